The van der Waals surface area contributed by atoms with E-state index in [0.29, 0.717) is 17.8 Å². The molecule has 0 saturated carbocycles. The number of pyridine rings is 1. The highest BCUT2D eigenvalue weighted by Crippen LogP contribution is 2.28. The lowest BCUT2D eigenvalue weighted by molar-refractivity contribution is -0.131. The summed E-state index contributed by atoms with van der Waals surface area (Å²) < 4.78 is 5.21. The van der Waals surface area contributed by atoms with E-state index in [2.05, 4.69) is 12.1 Å². The minimum atomic E-state index is -1.03. The van der Waals surface area contributed by atoms with Crippen LogP contribution in [-0.4, -0.2) is 34.2 Å². The molecule has 0 fully saturated rings. The molecule has 0 atom stereocenters. The summed E-state index contributed by atoms with van der Waals surface area (Å²) in [6.07, 6.45) is 11.9. The van der Waals surface area contributed by atoms with Crippen molar-refractivity contribution >= 4 is 18.0 Å². The van der Waals surface area contributed by atoms with Gasteiger partial charge in [0.05, 0.1) is 24.1 Å². The number of ether oxygens (including phenoxy) is 1. The summed E-state index contributed by atoms with van der Waals surface area (Å²) in [6, 6.07) is 17.4. The summed E-state index contributed by atoms with van der Waals surface area (Å²) in [6.45, 7) is 1.92. The number of carboxylic acid groups (broad SMARTS) is 2. The van der Waals surface area contributed by atoms with Crippen LogP contribution in [0.15, 0.2) is 60.7 Å². The van der Waals surface area contributed by atoms with Crippen LogP contribution in [-0.2, 0) is 24.1 Å². The van der Waals surface area contributed by atoms with Crippen LogP contribution in [0.4, 0.5) is 0 Å². The molecule has 0 bridgehead atoms. The maximum atomic E-state index is 11.7. The fraction of sp³-hybridized carbons (Fsp3) is 0.344. The smallest absolute Gasteiger partial charge is 0.335 e. The van der Waals surface area contributed by atoms with Gasteiger partial charge in [-0.2, -0.15) is 0 Å². The first-order valence-electron chi connectivity index (χ1n) is 13.3. The molecule has 6 heteroatoms. The predicted octanol–water partition coefficient (Wildman–Crippen LogP) is 7.24. The number of aromatic nitrogens is 1. The molecule has 1 heterocycles. The zero-order valence-electron chi connectivity index (χ0n) is 22.3. The van der Waals surface area contributed by atoms with Gasteiger partial charge in [-0.1, -0.05) is 62.9 Å². The number of hydrogen-bond acceptors (Lipinski definition) is 4. The van der Waals surface area contributed by atoms with Gasteiger partial charge < -0.3 is 14.9 Å². The largest absolute Gasteiger partial charge is 0.497 e. The van der Waals surface area contributed by atoms with Gasteiger partial charge in [0.2, 0.25) is 0 Å². The minimum absolute atomic E-state index is 0.266. The molecule has 0 aliphatic rings. The van der Waals surface area contributed by atoms with Crippen molar-refractivity contribution in [1.82, 2.24) is 4.98 Å². The first-order chi connectivity index (χ1) is 18.4. The van der Waals surface area contributed by atoms with Gasteiger partial charge in [-0.3, -0.25) is 0 Å². The summed E-state index contributed by atoms with van der Waals surface area (Å²) >= 11 is 0. The second-order valence-corrected chi connectivity index (χ2v) is 9.37. The van der Waals surface area contributed by atoms with Crippen LogP contribution < -0.4 is 4.74 Å². The molecular weight excluding hydrogens is 478 g/mol. The Morgan fingerprint density at radius 3 is 2.18 bits per heavy atom. The molecule has 0 unspecified atom stereocenters. The van der Waals surface area contributed by atoms with Crippen LogP contribution in [0.1, 0.15) is 78.2 Å². The Labute approximate surface area is 225 Å². The molecule has 38 heavy (non-hydrogen) atoms. The summed E-state index contributed by atoms with van der Waals surface area (Å²) in [5.74, 6) is -1.11. The van der Waals surface area contributed by atoms with E-state index in [-0.39, 0.29) is 5.56 Å². The van der Waals surface area contributed by atoms with Gasteiger partial charge in [-0.05, 0) is 79.1 Å². The van der Waals surface area contributed by atoms with Crippen molar-refractivity contribution in [3.8, 4) is 17.0 Å². The van der Waals surface area contributed by atoms with E-state index in [1.54, 1.807) is 19.2 Å². The van der Waals surface area contributed by atoms with Crippen molar-refractivity contribution in [2.75, 3.05) is 7.11 Å². The third-order valence-corrected chi connectivity index (χ3v) is 6.75. The minimum Gasteiger partial charge on any atom is -0.497 e. The number of aliphatic carboxylic acids is 1. The van der Waals surface area contributed by atoms with Gasteiger partial charge >= 0.3 is 11.9 Å². The summed E-state index contributed by atoms with van der Waals surface area (Å²) in [4.78, 5) is 27.6. The van der Waals surface area contributed by atoms with Gasteiger partial charge in [-0.15, -0.1) is 0 Å². The van der Waals surface area contributed by atoms with Crippen LogP contribution in [0, 0.1) is 0 Å². The lowest BCUT2D eigenvalue weighted by Crippen LogP contribution is -2.04. The number of hydrogen-bond donors (Lipinski definition) is 2. The van der Waals surface area contributed by atoms with E-state index in [0.717, 1.165) is 60.6 Å². The molecule has 200 valence electrons. The topological polar surface area (TPSA) is 96.7 Å². The van der Waals surface area contributed by atoms with Crippen molar-refractivity contribution in [3.05, 3.63) is 88.6 Å². The molecule has 2 N–H and O–H groups in total. The summed E-state index contributed by atoms with van der Waals surface area (Å²) in [5.41, 5.74) is 5.35. The molecule has 3 rings (SSSR count). The predicted molar refractivity (Wildman–Crippen MR) is 151 cm³/mol. The number of aryl methyl sites for hydroxylation is 2. The number of benzene rings is 2. The number of carboxylic acids is 2. The lowest BCUT2D eigenvalue weighted by atomic mass is 9.95. The second kappa shape index (κ2) is 14.7. The highest BCUT2D eigenvalue weighted by atomic mass is 16.5. The first kappa shape index (κ1) is 28.6. The third-order valence-electron chi connectivity index (χ3n) is 6.75. The molecular formula is C32H37NO5. The Morgan fingerprint density at radius 1 is 0.868 bits per heavy atom. The molecule has 0 saturated heterocycles. The Morgan fingerprint density at radius 2 is 1.55 bits per heavy atom. The fourth-order valence-electron chi connectivity index (χ4n) is 4.71. The van der Waals surface area contributed by atoms with Crippen LogP contribution >= 0.6 is 0 Å². The molecule has 1 aromatic heterocycles. The Bertz CT molecular complexity index is 1250. The van der Waals surface area contributed by atoms with E-state index < -0.39 is 11.9 Å². The zero-order valence-corrected chi connectivity index (χ0v) is 22.3. The summed E-state index contributed by atoms with van der Waals surface area (Å²) in [5, 5.41) is 18.7. The summed E-state index contributed by atoms with van der Waals surface area (Å²) in [7, 11) is 1.68. The number of rotatable bonds is 15. The SMILES string of the molecule is CCc1c(C(=O)O)cccc1-c1ccc(CCCCCCCCc2ccc(OC)cc2)c(/C=C/C(=O)O)n1. The Hall–Kier alpha value is -3.93. The van der Waals surface area contributed by atoms with Gasteiger partial charge in [0.15, 0.2) is 0 Å². The van der Waals surface area contributed by atoms with E-state index >= 15 is 0 Å². The fourth-order valence-corrected chi connectivity index (χ4v) is 4.71. The molecule has 6 nitrogen and oxygen atoms in total. The quantitative estimate of drug-likeness (QED) is 0.164. The number of aromatic carboxylic acids is 1. The van der Waals surface area contributed by atoms with Gasteiger partial charge in [0, 0.05) is 11.6 Å². The highest BCUT2D eigenvalue weighted by Gasteiger charge is 2.15. The average Bonchev–Trinajstić information content (AvgIpc) is 2.93. The van der Waals surface area contributed by atoms with Gasteiger partial charge in [0.25, 0.3) is 0 Å². The van der Waals surface area contributed by atoms with Crippen molar-refractivity contribution in [1.29, 1.82) is 0 Å². The molecule has 0 amide bonds. The molecule has 3 aromatic rings. The number of nitrogens with zero attached hydrogens (tertiary/aromatic N) is 1. The first-order valence-corrected chi connectivity index (χ1v) is 13.3. The van der Waals surface area contributed by atoms with Gasteiger partial charge in [0.1, 0.15) is 5.75 Å². The van der Waals surface area contributed by atoms with E-state index in [1.165, 1.54) is 30.9 Å². The monoisotopic (exact) mass is 515 g/mol. The van der Waals surface area contributed by atoms with Crippen molar-refractivity contribution in [3.63, 3.8) is 0 Å². The van der Waals surface area contributed by atoms with Gasteiger partial charge in [-0.25, -0.2) is 14.6 Å². The maximum absolute atomic E-state index is 11.7. The van der Waals surface area contributed by atoms with Crippen LogP contribution in [0.5, 0.6) is 5.75 Å². The average molecular weight is 516 g/mol. The highest BCUT2D eigenvalue weighted by molar-refractivity contribution is 5.92. The van der Waals surface area contributed by atoms with Crippen molar-refractivity contribution < 1.29 is 24.5 Å². The number of methoxy groups -OCH3 is 1. The third kappa shape index (κ3) is 8.30. The second-order valence-electron chi connectivity index (χ2n) is 9.37. The molecule has 0 spiro atoms. The van der Waals surface area contributed by atoms with Crippen LogP contribution in [0.2, 0.25) is 0 Å². The van der Waals surface area contributed by atoms with E-state index in [9.17, 15) is 14.7 Å². The zero-order chi connectivity index (χ0) is 27.3. The van der Waals surface area contributed by atoms with E-state index in [4.69, 9.17) is 14.8 Å². The number of carbonyl (C=O) groups is 2. The van der Waals surface area contributed by atoms with Crippen molar-refractivity contribution in [2.45, 2.75) is 64.7 Å². The molecule has 2 aromatic carbocycles. The van der Waals surface area contributed by atoms with Crippen LogP contribution in [0.3, 0.4) is 0 Å². The number of unbranched alkanes of at least 4 members (excludes halogenated alkanes) is 5. The van der Waals surface area contributed by atoms with E-state index in [1.807, 2.05) is 37.3 Å². The standard InChI is InChI=1S/C32H37NO5/c1-3-26-27(13-10-14-28(26)32(36)37)30-20-17-24(29(33-30)21-22-31(34)35)12-9-7-5-4-6-8-11-23-15-18-25(38-2)19-16-23/h10,13-22H,3-9,11-12H2,1-2H3,(H,34,35)(H,36,37)/b22-21+. The van der Waals surface area contributed by atoms with Crippen LogP contribution in [0.25, 0.3) is 17.3 Å². The normalized spacial score (nSPS) is 11.1. The molecule has 0 radical (unpaired) electrons. The molecule has 0 aliphatic heterocycles. The lowest BCUT2D eigenvalue weighted by Gasteiger charge is -2.13. The Kier molecular flexibility index (Phi) is 11.1. The molecule has 0 aliphatic carbocycles. The van der Waals surface area contributed by atoms with Crippen molar-refractivity contribution in [2.24, 2.45) is 0 Å². The Balaban J connectivity index is 1.57. The maximum Gasteiger partial charge on any atom is 0.335 e.